The van der Waals surface area contributed by atoms with E-state index in [1.165, 1.54) is 0 Å². The molecule has 28 heavy (non-hydrogen) atoms. The maximum absolute atomic E-state index is 12.0. The molecule has 0 aliphatic heterocycles. The molecule has 2 aromatic carbocycles. The summed E-state index contributed by atoms with van der Waals surface area (Å²) in [5.41, 5.74) is 6.02. The van der Waals surface area contributed by atoms with Gasteiger partial charge >= 0.3 is 11.8 Å². The topological polar surface area (TPSA) is 75.5 Å². The Morgan fingerprint density at radius 3 is 2.32 bits per heavy atom. The molecule has 0 bridgehead atoms. The van der Waals surface area contributed by atoms with Crippen molar-refractivity contribution in [3.05, 3.63) is 83.1 Å². The molecule has 0 atom stereocenters. The van der Waals surface area contributed by atoms with Crippen molar-refractivity contribution < 1.29 is 9.59 Å². The number of benzene rings is 2. The van der Waals surface area contributed by atoms with Gasteiger partial charge in [0.15, 0.2) is 0 Å². The number of nitrogens with zero attached hydrogens (tertiary/aromatic N) is 2. The van der Waals surface area contributed by atoms with Gasteiger partial charge in [-0.05, 0) is 61.4 Å². The van der Waals surface area contributed by atoms with Gasteiger partial charge in [0.1, 0.15) is 0 Å². The second-order valence-electron chi connectivity index (χ2n) is 6.19. The van der Waals surface area contributed by atoms with E-state index in [-0.39, 0.29) is 0 Å². The standard InChI is InChI=1S/C21H19ClN4O2/c1-14-5-8-17(13-19(14)22)23-20(27)21(28)25-24-15(2)16-6-9-18(10-7-16)26-11-3-4-12-26/h3-13H,1-2H3,(H,23,27)(H,25,28)/b24-15+. The first kappa shape index (κ1) is 19.4. The molecule has 3 rings (SSSR count). The van der Waals surface area contributed by atoms with Crippen molar-refractivity contribution in [1.82, 2.24) is 9.99 Å². The van der Waals surface area contributed by atoms with E-state index in [2.05, 4.69) is 15.8 Å². The minimum atomic E-state index is -0.861. The molecular weight excluding hydrogens is 376 g/mol. The number of aromatic nitrogens is 1. The molecule has 142 valence electrons. The number of hydrogen-bond donors (Lipinski definition) is 2. The van der Waals surface area contributed by atoms with E-state index in [0.717, 1.165) is 16.8 Å². The van der Waals surface area contributed by atoms with Crippen molar-refractivity contribution in [3.8, 4) is 5.69 Å². The maximum atomic E-state index is 12.0. The molecule has 0 spiro atoms. The van der Waals surface area contributed by atoms with Crippen LogP contribution in [0.5, 0.6) is 0 Å². The largest absolute Gasteiger partial charge is 0.329 e. The third-order valence-corrected chi connectivity index (χ3v) is 4.56. The van der Waals surface area contributed by atoms with Crippen LogP contribution in [-0.2, 0) is 9.59 Å². The van der Waals surface area contributed by atoms with Gasteiger partial charge in [0.25, 0.3) is 0 Å². The lowest BCUT2D eigenvalue weighted by molar-refractivity contribution is -0.136. The first-order chi connectivity index (χ1) is 13.4. The fourth-order valence-electron chi connectivity index (χ4n) is 2.49. The molecule has 3 aromatic rings. The first-order valence-corrected chi connectivity index (χ1v) is 8.97. The molecule has 2 amide bonds. The van der Waals surface area contributed by atoms with Crippen LogP contribution in [-0.4, -0.2) is 22.1 Å². The summed E-state index contributed by atoms with van der Waals surface area (Å²) < 4.78 is 1.99. The Hall–Kier alpha value is -3.38. The van der Waals surface area contributed by atoms with Crippen LogP contribution in [0, 0.1) is 6.92 Å². The monoisotopic (exact) mass is 394 g/mol. The minimum Gasteiger partial charge on any atom is -0.324 e. The smallest absolute Gasteiger partial charge is 0.324 e. The SMILES string of the molecule is C/C(=N\NC(=O)C(=O)Nc1ccc(C)c(Cl)c1)c1ccc(-n2cccc2)cc1. The summed E-state index contributed by atoms with van der Waals surface area (Å²) in [7, 11) is 0. The lowest BCUT2D eigenvalue weighted by Gasteiger charge is -2.07. The lowest BCUT2D eigenvalue weighted by atomic mass is 10.1. The van der Waals surface area contributed by atoms with E-state index in [1.807, 2.05) is 60.3 Å². The van der Waals surface area contributed by atoms with Crippen LogP contribution in [0.2, 0.25) is 5.02 Å². The van der Waals surface area contributed by atoms with Crippen LogP contribution in [0.3, 0.4) is 0 Å². The average Bonchev–Trinajstić information content (AvgIpc) is 3.23. The van der Waals surface area contributed by atoms with Gasteiger partial charge in [0.2, 0.25) is 0 Å². The summed E-state index contributed by atoms with van der Waals surface area (Å²) in [6.07, 6.45) is 3.91. The highest BCUT2D eigenvalue weighted by Crippen LogP contribution is 2.19. The molecular formula is C21H19ClN4O2. The summed E-state index contributed by atoms with van der Waals surface area (Å²) >= 11 is 6.02. The molecule has 0 aliphatic rings. The number of carbonyl (C=O) groups is 2. The number of aryl methyl sites for hydroxylation is 1. The average molecular weight is 395 g/mol. The number of halogens is 1. The predicted molar refractivity (Wildman–Crippen MR) is 111 cm³/mol. The summed E-state index contributed by atoms with van der Waals surface area (Å²) in [6, 6.07) is 16.6. The Kier molecular flexibility index (Phi) is 5.91. The molecule has 0 saturated carbocycles. The first-order valence-electron chi connectivity index (χ1n) is 8.59. The molecule has 1 aromatic heterocycles. The van der Waals surface area contributed by atoms with Crippen molar-refractivity contribution in [1.29, 1.82) is 0 Å². The molecule has 1 heterocycles. The number of anilines is 1. The normalized spacial score (nSPS) is 11.2. The zero-order valence-corrected chi connectivity index (χ0v) is 16.2. The van der Waals surface area contributed by atoms with E-state index in [1.54, 1.807) is 25.1 Å². The molecule has 0 unspecified atom stereocenters. The van der Waals surface area contributed by atoms with Crippen molar-refractivity contribution in [2.45, 2.75) is 13.8 Å². The van der Waals surface area contributed by atoms with Gasteiger partial charge < -0.3 is 9.88 Å². The molecule has 0 aliphatic carbocycles. The second-order valence-corrected chi connectivity index (χ2v) is 6.60. The lowest BCUT2D eigenvalue weighted by Crippen LogP contribution is -2.32. The molecule has 6 nitrogen and oxygen atoms in total. The Bertz CT molecular complexity index is 1030. The molecule has 2 N–H and O–H groups in total. The summed E-state index contributed by atoms with van der Waals surface area (Å²) in [6.45, 7) is 3.60. The van der Waals surface area contributed by atoms with Crippen molar-refractivity contribution >= 4 is 34.8 Å². The fourth-order valence-corrected chi connectivity index (χ4v) is 2.67. The van der Waals surface area contributed by atoms with Crippen molar-refractivity contribution in [2.24, 2.45) is 5.10 Å². The Labute approximate surface area is 167 Å². The number of rotatable bonds is 4. The minimum absolute atomic E-state index is 0.442. The zero-order chi connectivity index (χ0) is 20.1. The van der Waals surface area contributed by atoms with E-state index in [9.17, 15) is 9.59 Å². The Morgan fingerprint density at radius 2 is 1.68 bits per heavy atom. The van der Waals surface area contributed by atoms with Crippen molar-refractivity contribution in [2.75, 3.05) is 5.32 Å². The Balaban J connectivity index is 1.61. The van der Waals surface area contributed by atoms with Gasteiger partial charge in [-0.3, -0.25) is 9.59 Å². The van der Waals surface area contributed by atoms with Gasteiger partial charge in [0, 0.05) is 28.8 Å². The van der Waals surface area contributed by atoms with E-state index in [4.69, 9.17) is 11.6 Å². The summed E-state index contributed by atoms with van der Waals surface area (Å²) in [5.74, 6) is -1.68. The molecule has 7 heteroatoms. The van der Waals surface area contributed by atoms with Gasteiger partial charge in [0.05, 0.1) is 5.71 Å². The van der Waals surface area contributed by atoms with Gasteiger partial charge in [-0.1, -0.05) is 29.8 Å². The van der Waals surface area contributed by atoms with Gasteiger partial charge in [-0.25, -0.2) is 5.43 Å². The van der Waals surface area contributed by atoms with Crippen LogP contribution in [0.1, 0.15) is 18.1 Å². The highest BCUT2D eigenvalue weighted by molar-refractivity contribution is 6.40. The highest BCUT2D eigenvalue weighted by Gasteiger charge is 2.14. The molecule has 0 radical (unpaired) electrons. The van der Waals surface area contributed by atoms with Gasteiger partial charge in [-0.15, -0.1) is 0 Å². The molecule has 0 fully saturated rings. The molecule has 0 saturated heterocycles. The zero-order valence-electron chi connectivity index (χ0n) is 15.4. The quantitative estimate of drug-likeness (QED) is 0.400. The number of amides is 2. The third kappa shape index (κ3) is 4.66. The van der Waals surface area contributed by atoms with E-state index in [0.29, 0.717) is 16.4 Å². The summed E-state index contributed by atoms with van der Waals surface area (Å²) in [4.78, 5) is 24.0. The number of hydrazone groups is 1. The van der Waals surface area contributed by atoms with E-state index >= 15 is 0 Å². The fraction of sp³-hybridized carbons (Fsp3) is 0.0952. The van der Waals surface area contributed by atoms with Crippen LogP contribution in [0.4, 0.5) is 5.69 Å². The predicted octanol–water partition coefficient (Wildman–Crippen LogP) is 3.92. The highest BCUT2D eigenvalue weighted by atomic mass is 35.5. The summed E-state index contributed by atoms with van der Waals surface area (Å²) in [5, 5.41) is 7.00. The number of hydrogen-bond acceptors (Lipinski definition) is 3. The van der Waals surface area contributed by atoms with Crippen LogP contribution in [0.25, 0.3) is 5.69 Å². The maximum Gasteiger partial charge on any atom is 0.329 e. The van der Waals surface area contributed by atoms with Crippen LogP contribution in [0.15, 0.2) is 72.1 Å². The van der Waals surface area contributed by atoms with E-state index < -0.39 is 11.8 Å². The van der Waals surface area contributed by atoms with Gasteiger partial charge in [-0.2, -0.15) is 5.10 Å². The number of nitrogens with one attached hydrogen (secondary N) is 2. The second kappa shape index (κ2) is 8.54. The Morgan fingerprint density at radius 1 is 1.00 bits per heavy atom. The number of carbonyl (C=O) groups excluding carboxylic acids is 2. The van der Waals surface area contributed by atoms with Crippen molar-refractivity contribution in [3.63, 3.8) is 0 Å². The van der Waals surface area contributed by atoms with Crippen LogP contribution >= 0.6 is 11.6 Å². The third-order valence-electron chi connectivity index (χ3n) is 4.15. The van der Waals surface area contributed by atoms with Crippen LogP contribution < -0.4 is 10.7 Å².